The number of hydrogen-bond acceptors (Lipinski definition) is 4. The maximum atomic E-state index is 13.7. The van der Waals surface area contributed by atoms with E-state index >= 15 is 0 Å². The Bertz CT molecular complexity index is 939. The number of halogens is 1. The molecule has 2 heterocycles. The molecule has 0 aliphatic carbocycles. The monoisotopic (exact) mass is 453 g/mol. The average molecular weight is 454 g/mol. The van der Waals surface area contributed by atoms with Gasteiger partial charge in [0.1, 0.15) is 5.82 Å². The molecule has 0 saturated carbocycles. The van der Waals surface area contributed by atoms with Crippen molar-refractivity contribution in [3.05, 3.63) is 71.5 Å². The molecule has 2 amide bonds. The third-order valence-electron chi connectivity index (χ3n) is 6.25. The van der Waals surface area contributed by atoms with E-state index < -0.39 is 0 Å². The fourth-order valence-corrected chi connectivity index (χ4v) is 4.57. The lowest BCUT2D eigenvalue weighted by atomic mass is 10.2. The zero-order valence-electron chi connectivity index (χ0n) is 19.0. The summed E-state index contributed by atoms with van der Waals surface area (Å²) >= 11 is 0. The summed E-state index contributed by atoms with van der Waals surface area (Å²) in [6, 6.07) is 16.5. The molecule has 2 aliphatic heterocycles. The van der Waals surface area contributed by atoms with Crippen molar-refractivity contribution >= 4 is 11.8 Å². The van der Waals surface area contributed by atoms with Crippen molar-refractivity contribution in [2.75, 3.05) is 39.3 Å². The van der Waals surface area contributed by atoms with Crippen LogP contribution in [0, 0.1) is 5.82 Å². The van der Waals surface area contributed by atoms with Crippen LogP contribution in [0.25, 0.3) is 0 Å². The molecule has 33 heavy (non-hydrogen) atoms. The lowest BCUT2D eigenvalue weighted by molar-refractivity contribution is -0.132. The van der Waals surface area contributed by atoms with Gasteiger partial charge in [-0.05, 0) is 36.1 Å². The summed E-state index contributed by atoms with van der Waals surface area (Å²) in [4.78, 5) is 30.7. The van der Waals surface area contributed by atoms with Crippen LogP contribution in [0.3, 0.4) is 0 Å². The van der Waals surface area contributed by atoms with Gasteiger partial charge >= 0.3 is 0 Å². The molecule has 2 aromatic rings. The first kappa shape index (κ1) is 23.4. The zero-order chi connectivity index (χ0) is 23.0. The number of carbonyl (C=O) groups excluding carboxylic acids is 2. The standard InChI is InChI=1S/C26H32FN3O3/c27-23-10-4-9-22(15-23)16-28-17-24(33-20-21-7-2-1-3-8-21)18-30(26(32)19-28)14-6-13-29-12-5-11-25(29)31/h1-4,7-10,15,24H,5-6,11-14,16-20H2/t24-/m0/s1. The molecule has 2 saturated heterocycles. The van der Waals surface area contributed by atoms with Crippen LogP contribution in [0.15, 0.2) is 54.6 Å². The summed E-state index contributed by atoms with van der Waals surface area (Å²) in [5.41, 5.74) is 1.93. The minimum atomic E-state index is -0.274. The van der Waals surface area contributed by atoms with Gasteiger partial charge < -0.3 is 14.5 Å². The average Bonchev–Trinajstić information content (AvgIpc) is 3.15. The predicted molar refractivity (Wildman–Crippen MR) is 124 cm³/mol. The Labute approximate surface area is 194 Å². The number of benzene rings is 2. The first-order valence-corrected chi connectivity index (χ1v) is 11.7. The largest absolute Gasteiger partial charge is 0.370 e. The fraction of sp³-hybridized carbons (Fsp3) is 0.462. The van der Waals surface area contributed by atoms with Crippen molar-refractivity contribution in [2.45, 2.75) is 38.5 Å². The minimum absolute atomic E-state index is 0.0463. The molecule has 4 rings (SSSR count). The second kappa shape index (κ2) is 11.4. The van der Waals surface area contributed by atoms with E-state index in [2.05, 4.69) is 0 Å². The van der Waals surface area contributed by atoms with Gasteiger partial charge in [0.05, 0.1) is 19.3 Å². The SMILES string of the molecule is O=C1CCCN1CCCN1C[C@@H](OCc2ccccc2)CN(Cc2cccc(F)c2)CC1=O. The van der Waals surface area contributed by atoms with Gasteiger partial charge in [0.15, 0.2) is 0 Å². The molecule has 0 aromatic heterocycles. The highest BCUT2D eigenvalue weighted by Gasteiger charge is 2.29. The van der Waals surface area contributed by atoms with E-state index in [9.17, 15) is 14.0 Å². The van der Waals surface area contributed by atoms with Gasteiger partial charge in [-0.15, -0.1) is 0 Å². The molecule has 0 spiro atoms. The molecule has 7 heteroatoms. The van der Waals surface area contributed by atoms with Crippen molar-refractivity contribution in [3.63, 3.8) is 0 Å². The molecule has 6 nitrogen and oxygen atoms in total. The number of nitrogens with zero attached hydrogens (tertiary/aromatic N) is 3. The molecule has 0 unspecified atom stereocenters. The van der Waals surface area contributed by atoms with Crippen molar-refractivity contribution in [1.82, 2.24) is 14.7 Å². The number of ether oxygens (including phenoxy) is 1. The highest BCUT2D eigenvalue weighted by atomic mass is 19.1. The lowest BCUT2D eigenvalue weighted by Gasteiger charge is -2.26. The molecule has 2 fully saturated rings. The van der Waals surface area contributed by atoms with E-state index in [4.69, 9.17) is 4.74 Å². The highest BCUT2D eigenvalue weighted by Crippen LogP contribution is 2.16. The highest BCUT2D eigenvalue weighted by molar-refractivity contribution is 5.79. The van der Waals surface area contributed by atoms with Crippen LogP contribution in [-0.4, -0.2) is 71.9 Å². The molecule has 176 valence electrons. The van der Waals surface area contributed by atoms with E-state index in [0.29, 0.717) is 45.8 Å². The Morgan fingerprint density at radius 3 is 2.45 bits per heavy atom. The Balaban J connectivity index is 1.40. The lowest BCUT2D eigenvalue weighted by Crippen LogP contribution is -2.39. The summed E-state index contributed by atoms with van der Waals surface area (Å²) in [6.45, 7) is 4.44. The second-order valence-corrected chi connectivity index (χ2v) is 8.90. The molecule has 0 bridgehead atoms. The van der Waals surface area contributed by atoms with Crippen LogP contribution in [0.2, 0.25) is 0 Å². The van der Waals surface area contributed by atoms with E-state index in [1.807, 2.05) is 51.1 Å². The zero-order valence-corrected chi connectivity index (χ0v) is 19.0. The van der Waals surface area contributed by atoms with E-state index in [1.54, 1.807) is 6.07 Å². The maximum Gasteiger partial charge on any atom is 0.236 e. The van der Waals surface area contributed by atoms with E-state index in [1.165, 1.54) is 12.1 Å². The van der Waals surface area contributed by atoms with Crippen molar-refractivity contribution in [2.24, 2.45) is 0 Å². The van der Waals surface area contributed by atoms with Crippen LogP contribution >= 0.6 is 0 Å². The van der Waals surface area contributed by atoms with Crippen LogP contribution in [0.1, 0.15) is 30.4 Å². The van der Waals surface area contributed by atoms with Crippen molar-refractivity contribution in [1.29, 1.82) is 0 Å². The number of amides is 2. The Kier molecular flexibility index (Phi) is 8.07. The molecule has 2 aliphatic rings. The molecular formula is C26H32FN3O3. The minimum Gasteiger partial charge on any atom is -0.370 e. The number of hydrogen-bond donors (Lipinski definition) is 0. The number of likely N-dealkylation sites (tertiary alicyclic amines) is 1. The van der Waals surface area contributed by atoms with Gasteiger partial charge in [-0.25, -0.2) is 4.39 Å². The summed E-state index contributed by atoms with van der Waals surface area (Å²) in [5, 5.41) is 0. The van der Waals surface area contributed by atoms with Crippen LogP contribution in [-0.2, 0) is 27.5 Å². The van der Waals surface area contributed by atoms with Gasteiger partial charge in [-0.2, -0.15) is 0 Å². The first-order chi connectivity index (χ1) is 16.1. The number of carbonyl (C=O) groups is 2. The predicted octanol–water partition coefficient (Wildman–Crippen LogP) is 3.07. The van der Waals surface area contributed by atoms with E-state index in [0.717, 1.165) is 30.5 Å². The molecule has 1 atom stereocenters. The van der Waals surface area contributed by atoms with Gasteiger partial charge in [0.25, 0.3) is 0 Å². The van der Waals surface area contributed by atoms with Gasteiger partial charge in [0.2, 0.25) is 11.8 Å². The first-order valence-electron chi connectivity index (χ1n) is 11.7. The Morgan fingerprint density at radius 1 is 0.909 bits per heavy atom. The summed E-state index contributed by atoms with van der Waals surface area (Å²) in [5.74, 6) is -0.0175. The summed E-state index contributed by atoms with van der Waals surface area (Å²) < 4.78 is 19.9. The third-order valence-corrected chi connectivity index (χ3v) is 6.25. The summed E-state index contributed by atoms with van der Waals surface area (Å²) in [7, 11) is 0. The Morgan fingerprint density at radius 2 is 1.70 bits per heavy atom. The molecule has 2 aromatic carbocycles. The van der Waals surface area contributed by atoms with Crippen LogP contribution in [0.4, 0.5) is 4.39 Å². The quantitative estimate of drug-likeness (QED) is 0.586. The third kappa shape index (κ3) is 6.85. The molecular weight excluding hydrogens is 421 g/mol. The van der Waals surface area contributed by atoms with E-state index in [-0.39, 0.29) is 30.3 Å². The fourth-order valence-electron chi connectivity index (χ4n) is 4.57. The van der Waals surface area contributed by atoms with Gasteiger partial charge in [-0.1, -0.05) is 42.5 Å². The molecule has 0 N–H and O–H groups in total. The molecule has 0 radical (unpaired) electrons. The van der Waals surface area contributed by atoms with Crippen LogP contribution < -0.4 is 0 Å². The number of rotatable bonds is 9. The van der Waals surface area contributed by atoms with Crippen LogP contribution in [0.5, 0.6) is 0 Å². The smallest absolute Gasteiger partial charge is 0.236 e. The summed E-state index contributed by atoms with van der Waals surface area (Å²) in [6.07, 6.45) is 2.16. The second-order valence-electron chi connectivity index (χ2n) is 8.90. The van der Waals surface area contributed by atoms with Gasteiger partial charge in [-0.3, -0.25) is 14.5 Å². The maximum absolute atomic E-state index is 13.7. The van der Waals surface area contributed by atoms with Crippen molar-refractivity contribution < 1.29 is 18.7 Å². The van der Waals surface area contributed by atoms with Gasteiger partial charge in [0, 0.05) is 45.7 Å². The van der Waals surface area contributed by atoms with Crippen molar-refractivity contribution in [3.8, 4) is 0 Å². The Hall–Kier alpha value is -2.77. The normalized spacial score (nSPS) is 19.8. The topological polar surface area (TPSA) is 53.1 Å².